The van der Waals surface area contributed by atoms with E-state index in [0.29, 0.717) is 23.7 Å². The molecule has 2 amide bonds. The summed E-state index contributed by atoms with van der Waals surface area (Å²) in [6.07, 6.45) is -4.90. The van der Waals surface area contributed by atoms with E-state index in [1.165, 1.54) is 17.2 Å². The second kappa shape index (κ2) is 9.31. The van der Waals surface area contributed by atoms with E-state index in [9.17, 15) is 22.8 Å². The molecule has 0 aliphatic carbocycles. The number of hydroxylamine groups is 1. The summed E-state index contributed by atoms with van der Waals surface area (Å²) < 4.78 is 46.0. The van der Waals surface area contributed by atoms with Crippen LogP contribution < -0.4 is 14.7 Å². The average molecular weight is 496 g/mol. The van der Waals surface area contributed by atoms with Crippen LogP contribution in [0.15, 0.2) is 78.9 Å². The van der Waals surface area contributed by atoms with E-state index in [1.807, 2.05) is 6.92 Å². The van der Waals surface area contributed by atoms with Crippen LogP contribution in [-0.2, 0) is 20.6 Å². The Balaban J connectivity index is 1.53. The first kappa shape index (κ1) is 23.9. The molecule has 5 rings (SSSR count). The number of ether oxygens (including phenoxy) is 1. The number of halogens is 3. The van der Waals surface area contributed by atoms with Gasteiger partial charge in [-0.1, -0.05) is 37.3 Å². The third-order valence-electron chi connectivity index (χ3n) is 6.25. The van der Waals surface area contributed by atoms with Crippen LogP contribution in [0.25, 0.3) is 0 Å². The van der Waals surface area contributed by atoms with Gasteiger partial charge in [-0.25, -0.2) is 9.96 Å². The van der Waals surface area contributed by atoms with Gasteiger partial charge in [-0.15, -0.1) is 0 Å². The molecule has 0 bridgehead atoms. The number of hydrogen-bond acceptors (Lipinski definition) is 5. The molecular formula is C27H23F3N2O4. The predicted octanol–water partition coefficient (Wildman–Crippen LogP) is 5.55. The van der Waals surface area contributed by atoms with Crippen molar-refractivity contribution in [3.05, 3.63) is 90.0 Å². The van der Waals surface area contributed by atoms with Crippen LogP contribution in [-0.4, -0.2) is 24.5 Å². The molecule has 6 nitrogen and oxygen atoms in total. The van der Waals surface area contributed by atoms with Gasteiger partial charge in [0.05, 0.1) is 29.6 Å². The van der Waals surface area contributed by atoms with Crippen LogP contribution in [0.1, 0.15) is 30.5 Å². The van der Waals surface area contributed by atoms with Gasteiger partial charge in [0.15, 0.2) is 6.10 Å². The molecule has 2 fully saturated rings. The Kier molecular flexibility index (Phi) is 6.17. The predicted molar refractivity (Wildman–Crippen MR) is 126 cm³/mol. The number of alkyl halides is 3. The molecule has 9 heteroatoms. The van der Waals surface area contributed by atoms with Gasteiger partial charge in [-0.2, -0.15) is 13.2 Å². The van der Waals surface area contributed by atoms with E-state index >= 15 is 0 Å². The van der Waals surface area contributed by atoms with Crippen molar-refractivity contribution >= 4 is 23.2 Å². The molecule has 0 spiro atoms. The van der Waals surface area contributed by atoms with Crippen LogP contribution in [0.4, 0.5) is 24.5 Å². The zero-order valence-electron chi connectivity index (χ0n) is 19.3. The van der Waals surface area contributed by atoms with Gasteiger partial charge in [0.1, 0.15) is 11.7 Å². The van der Waals surface area contributed by atoms with Crippen LogP contribution in [0.2, 0.25) is 0 Å². The first-order valence-electron chi connectivity index (χ1n) is 11.6. The smallest absolute Gasteiger partial charge is 0.416 e. The number of rotatable bonds is 6. The summed E-state index contributed by atoms with van der Waals surface area (Å²) in [5, 5.41) is 1.37. The highest BCUT2D eigenvalue weighted by Gasteiger charge is 2.60. The zero-order valence-corrected chi connectivity index (χ0v) is 19.3. The SMILES string of the molecule is CCCOc1ccc(N2C(=O)[C@@H]3[C@H](ON(c4ccccc4)[C@@H]3c3cccc(C(F)(F)F)c3)C2=O)cc1. The van der Waals surface area contributed by atoms with Gasteiger partial charge in [-0.3, -0.25) is 14.4 Å². The quantitative estimate of drug-likeness (QED) is 0.419. The molecule has 3 atom stereocenters. The van der Waals surface area contributed by atoms with E-state index in [1.54, 1.807) is 54.6 Å². The summed E-state index contributed by atoms with van der Waals surface area (Å²) in [6.45, 7) is 2.52. The minimum absolute atomic E-state index is 0.229. The summed E-state index contributed by atoms with van der Waals surface area (Å²) in [4.78, 5) is 34.1. The Bertz CT molecular complexity index is 1260. The molecular weight excluding hydrogens is 473 g/mol. The Hall–Kier alpha value is -3.85. The molecule has 0 radical (unpaired) electrons. The van der Waals surface area contributed by atoms with Crippen molar-refractivity contribution in [3.63, 3.8) is 0 Å². The first-order chi connectivity index (χ1) is 17.3. The van der Waals surface area contributed by atoms with Crippen LogP contribution in [0.5, 0.6) is 5.75 Å². The van der Waals surface area contributed by atoms with Crippen LogP contribution in [0, 0.1) is 5.92 Å². The van der Waals surface area contributed by atoms with Gasteiger partial charge < -0.3 is 4.74 Å². The first-order valence-corrected chi connectivity index (χ1v) is 11.6. The maximum atomic E-state index is 13.6. The van der Waals surface area contributed by atoms with Gasteiger partial charge in [0.25, 0.3) is 5.91 Å². The van der Waals surface area contributed by atoms with Gasteiger partial charge >= 0.3 is 6.18 Å². The van der Waals surface area contributed by atoms with E-state index in [0.717, 1.165) is 23.5 Å². The molecule has 2 aliphatic rings. The van der Waals surface area contributed by atoms with E-state index in [4.69, 9.17) is 9.57 Å². The molecule has 0 unspecified atom stereocenters. The molecule has 3 aromatic carbocycles. The standard InChI is InChI=1S/C27H23F3N2O4/c1-2-15-35-21-13-11-19(12-14-21)31-25(33)22-23(17-7-6-8-18(16-17)27(28,29)30)32(36-24(22)26(31)34)20-9-4-3-5-10-20/h3-14,16,22-24H,2,15H2,1H3/t22-,23+,24-/m0/s1. The lowest BCUT2D eigenvalue weighted by Gasteiger charge is -2.29. The molecule has 186 valence electrons. The van der Waals surface area contributed by atoms with E-state index in [-0.39, 0.29) is 5.56 Å². The maximum absolute atomic E-state index is 13.6. The highest BCUT2D eigenvalue weighted by atomic mass is 19.4. The number of carbonyl (C=O) groups is 2. The minimum Gasteiger partial charge on any atom is -0.494 e. The van der Waals surface area contributed by atoms with Gasteiger partial charge in [-0.05, 0) is 60.5 Å². The lowest BCUT2D eigenvalue weighted by molar-refractivity contribution is -0.137. The Morgan fingerprint density at radius 2 is 1.61 bits per heavy atom. The van der Waals surface area contributed by atoms with Crippen molar-refractivity contribution < 1.29 is 32.3 Å². The summed E-state index contributed by atoms with van der Waals surface area (Å²) >= 11 is 0. The molecule has 2 heterocycles. The maximum Gasteiger partial charge on any atom is 0.416 e. The molecule has 36 heavy (non-hydrogen) atoms. The van der Waals surface area contributed by atoms with Crippen LogP contribution >= 0.6 is 0 Å². The molecule has 0 aromatic heterocycles. The lowest BCUT2D eigenvalue weighted by Crippen LogP contribution is -2.37. The number of hydrogen-bond donors (Lipinski definition) is 0. The lowest BCUT2D eigenvalue weighted by atomic mass is 9.89. The summed E-state index contributed by atoms with van der Waals surface area (Å²) in [6, 6.07) is 19.1. The number of nitrogens with zero attached hydrogens (tertiary/aromatic N) is 2. The van der Waals surface area contributed by atoms with Crippen LogP contribution in [0.3, 0.4) is 0 Å². The van der Waals surface area contributed by atoms with Crippen molar-refractivity contribution in [1.82, 2.24) is 0 Å². The topological polar surface area (TPSA) is 59.1 Å². The third kappa shape index (κ3) is 4.19. The summed E-state index contributed by atoms with van der Waals surface area (Å²) in [5.74, 6) is -1.53. The molecule has 3 aromatic rings. The number of carbonyl (C=O) groups excluding carboxylic acids is 2. The van der Waals surface area contributed by atoms with Gasteiger partial charge in [0, 0.05) is 0 Å². The fourth-order valence-electron chi connectivity index (χ4n) is 4.62. The van der Waals surface area contributed by atoms with Crippen molar-refractivity contribution in [3.8, 4) is 5.75 Å². The van der Waals surface area contributed by atoms with E-state index in [2.05, 4.69) is 0 Å². The second-order valence-electron chi connectivity index (χ2n) is 8.64. The van der Waals surface area contributed by atoms with Crippen molar-refractivity contribution in [2.75, 3.05) is 16.6 Å². The fraction of sp³-hybridized carbons (Fsp3) is 0.259. The van der Waals surface area contributed by atoms with Crippen molar-refractivity contribution in [2.24, 2.45) is 5.92 Å². The Morgan fingerprint density at radius 3 is 2.28 bits per heavy atom. The zero-order chi connectivity index (χ0) is 25.4. The number of anilines is 2. The number of benzene rings is 3. The van der Waals surface area contributed by atoms with Crippen molar-refractivity contribution in [2.45, 2.75) is 31.7 Å². The van der Waals surface area contributed by atoms with Gasteiger partial charge in [0.2, 0.25) is 5.91 Å². The monoisotopic (exact) mass is 496 g/mol. The van der Waals surface area contributed by atoms with E-state index < -0.39 is 41.6 Å². The third-order valence-corrected chi connectivity index (χ3v) is 6.25. The highest BCUT2D eigenvalue weighted by Crippen LogP contribution is 2.48. The Morgan fingerprint density at radius 1 is 0.889 bits per heavy atom. The Labute approximate surface area is 205 Å². The average Bonchev–Trinajstić information content (AvgIpc) is 3.39. The highest BCUT2D eigenvalue weighted by molar-refractivity contribution is 6.23. The minimum atomic E-state index is -4.56. The molecule has 2 saturated heterocycles. The fourth-order valence-corrected chi connectivity index (χ4v) is 4.62. The number of fused-ring (bicyclic) bond motifs is 1. The largest absolute Gasteiger partial charge is 0.494 e. The summed E-state index contributed by atoms with van der Waals surface area (Å²) in [7, 11) is 0. The number of amides is 2. The second-order valence-corrected chi connectivity index (χ2v) is 8.64. The number of para-hydroxylation sites is 1. The molecule has 2 aliphatic heterocycles. The molecule has 0 N–H and O–H groups in total. The van der Waals surface area contributed by atoms with Crippen molar-refractivity contribution in [1.29, 1.82) is 0 Å². The number of imide groups is 1. The summed E-state index contributed by atoms with van der Waals surface area (Å²) in [5.41, 5.74) is 0.264. The normalized spacial score (nSPS) is 21.7. The molecule has 0 saturated carbocycles.